The van der Waals surface area contributed by atoms with Crippen LogP contribution in [-0.4, -0.2) is 13.7 Å². The van der Waals surface area contributed by atoms with Crippen molar-refractivity contribution in [3.05, 3.63) is 29.8 Å². The molecule has 0 saturated heterocycles. The SMILES string of the molecule is COc1cccc(C2(CCN)CCCCC2)c1. The first-order valence-electron chi connectivity index (χ1n) is 6.65. The van der Waals surface area contributed by atoms with Crippen molar-refractivity contribution in [3.63, 3.8) is 0 Å². The van der Waals surface area contributed by atoms with Gasteiger partial charge in [-0.3, -0.25) is 0 Å². The van der Waals surface area contributed by atoms with Gasteiger partial charge in [-0.15, -0.1) is 0 Å². The Kier molecular flexibility index (Phi) is 4.06. The highest BCUT2D eigenvalue weighted by Gasteiger charge is 2.33. The Labute approximate surface area is 104 Å². The molecule has 1 aromatic carbocycles. The Hall–Kier alpha value is -1.02. The number of benzene rings is 1. The number of rotatable bonds is 4. The summed E-state index contributed by atoms with van der Waals surface area (Å²) in [7, 11) is 1.73. The van der Waals surface area contributed by atoms with E-state index in [0.717, 1.165) is 18.7 Å². The van der Waals surface area contributed by atoms with Crippen molar-refractivity contribution in [2.45, 2.75) is 43.9 Å². The molecule has 2 heteroatoms. The minimum Gasteiger partial charge on any atom is -0.497 e. The molecule has 2 nitrogen and oxygen atoms in total. The molecule has 0 amide bonds. The third-order valence-corrected chi connectivity index (χ3v) is 4.12. The Bertz CT molecular complexity index is 350. The van der Waals surface area contributed by atoms with Gasteiger partial charge in [0.1, 0.15) is 5.75 Å². The van der Waals surface area contributed by atoms with Crippen LogP contribution < -0.4 is 10.5 Å². The smallest absolute Gasteiger partial charge is 0.119 e. The molecule has 0 spiro atoms. The van der Waals surface area contributed by atoms with Gasteiger partial charge in [0, 0.05) is 0 Å². The predicted octanol–water partition coefficient (Wildman–Crippen LogP) is 3.25. The zero-order valence-corrected chi connectivity index (χ0v) is 10.7. The minimum atomic E-state index is 0.307. The summed E-state index contributed by atoms with van der Waals surface area (Å²) in [6.45, 7) is 0.775. The lowest BCUT2D eigenvalue weighted by atomic mass is 9.67. The largest absolute Gasteiger partial charge is 0.497 e. The minimum absolute atomic E-state index is 0.307. The molecular weight excluding hydrogens is 210 g/mol. The summed E-state index contributed by atoms with van der Waals surface area (Å²) in [6.07, 6.45) is 7.68. The maximum Gasteiger partial charge on any atom is 0.119 e. The van der Waals surface area contributed by atoms with E-state index in [4.69, 9.17) is 10.5 Å². The van der Waals surface area contributed by atoms with E-state index < -0.39 is 0 Å². The van der Waals surface area contributed by atoms with Crippen molar-refractivity contribution < 1.29 is 4.74 Å². The maximum atomic E-state index is 5.82. The third kappa shape index (κ3) is 2.63. The van der Waals surface area contributed by atoms with Crippen LogP contribution in [0.2, 0.25) is 0 Å². The lowest BCUT2D eigenvalue weighted by Gasteiger charge is -2.38. The molecular formula is C15H23NO. The maximum absolute atomic E-state index is 5.82. The summed E-state index contributed by atoms with van der Waals surface area (Å²) < 4.78 is 5.34. The number of nitrogens with two attached hydrogens (primary N) is 1. The van der Waals surface area contributed by atoms with Crippen LogP contribution in [0.15, 0.2) is 24.3 Å². The van der Waals surface area contributed by atoms with E-state index in [1.165, 1.54) is 37.7 Å². The fourth-order valence-electron chi connectivity index (χ4n) is 3.14. The quantitative estimate of drug-likeness (QED) is 0.866. The van der Waals surface area contributed by atoms with E-state index in [2.05, 4.69) is 18.2 Å². The monoisotopic (exact) mass is 233 g/mol. The summed E-state index contributed by atoms with van der Waals surface area (Å²) in [4.78, 5) is 0. The van der Waals surface area contributed by atoms with Gasteiger partial charge in [0.05, 0.1) is 7.11 Å². The topological polar surface area (TPSA) is 35.2 Å². The molecule has 94 valence electrons. The van der Waals surface area contributed by atoms with Crippen LogP contribution in [-0.2, 0) is 5.41 Å². The van der Waals surface area contributed by atoms with Crippen LogP contribution in [0.5, 0.6) is 5.75 Å². The first-order chi connectivity index (χ1) is 8.30. The van der Waals surface area contributed by atoms with Crippen LogP contribution in [0.1, 0.15) is 44.1 Å². The van der Waals surface area contributed by atoms with E-state index in [1.54, 1.807) is 7.11 Å². The normalized spacial score (nSPS) is 18.9. The second-order valence-corrected chi connectivity index (χ2v) is 5.11. The number of hydrogen-bond acceptors (Lipinski definition) is 2. The van der Waals surface area contributed by atoms with Gasteiger partial charge in [-0.05, 0) is 48.9 Å². The van der Waals surface area contributed by atoms with Crippen LogP contribution in [0.4, 0.5) is 0 Å². The Morgan fingerprint density at radius 1 is 1.24 bits per heavy atom. The number of methoxy groups -OCH3 is 1. The second-order valence-electron chi connectivity index (χ2n) is 5.11. The van der Waals surface area contributed by atoms with Crippen LogP contribution in [0, 0.1) is 0 Å². The first kappa shape index (κ1) is 12.4. The molecule has 1 saturated carbocycles. The van der Waals surface area contributed by atoms with Crippen LogP contribution in [0.3, 0.4) is 0 Å². The van der Waals surface area contributed by atoms with Gasteiger partial charge in [0.25, 0.3) is 0 Å². The molecule has 1 aliphatic rings. The second kappa shape index (κ2) is 5.54. The van der Waals surface area contributed by atoms with Crippen molar-refractivity contribution in [2.75, 3.05) is 13.7 Å². The number of hydrogen-bond donors (Lipinski definition) is 1. The van der Waals surface area contributed by atoms with E-state index in [1.807, 2.05) is 6.07 Å². The number of ether oxygens (including phenoxy) is 1. The lowest BCUT2D eigenvalue weighted by molar-refractivity contribution is 0.276. The van der Waals surface area contributed by atoms with Gasteiger partial charge >= 0.3 is 0 Å². The molecule has 1 fully saturated rings. The molecule has 0 atom stereocenters. The molecule has 0 heterocycles. The van der Waals surface area contributed by atoms with Crippen molar-refractivity contribution >= 4 is 0 Å². The van der Waals surface area contributed by atoms with E-state index in [-0.39, 0.29) is 0 Å². The zero-order chi connectivity index (χ0) is 12.1. The van der Waals surface area contributed by atoms with Gasteiger partial charge in [-0.25, -0.2) is 0 Å². The zero-order valence-electron chi connectivity index (χ0n) is 10.7. The lowest BCUT2D eigenvalue weighted by Crippen LogP contribution is -2.31. The molecule has 17 heavy (non-hydrogen) atoms. The van der Waals surface area contributed by atoms with Crippen LogP contribution >= 0.6 is 0 Å². The average Bonchev–Trinajstić information content (AvgIpc) is 2.40. The van der Waals surface area contributed by atoms with E-state index >= 15 is 0 Å². The van der Waals surface area contributed by atoms with Gasteiger partial charge in [0.2, 0.25) is 0 Å². The summed E-state index contributed by atoms with van der Waals surface area (Å²) in [5.74, 6) is 0.962. The summed E-state index contributed by atoms with van der Waals surface area (Å²) >= 11 is 0. The highest BCUT2D eigenvalue weighted by atomic mass is 16.5. The van der Waals surface area contributed by atoms with Gasteiger partial charge in [0.15, 0.2) is 0 Å². The van der Waals surface area contributed by atoms with Gasteiger partial charge in [-0.2, -0.15) is 0 Å². The standard InChI is InChI=1S/C15H23NO/c1-17-14-7-5-6-13(12-14)15(10-11-16)8-3-2-4-9-15/h5-7,12H,2-4,8-11,16H2,1H3. The summed E-state index contributed by atoms with van der Waals surface area (Å²) in [6, 6.07) is 8.55. The summed E-state index contributed by atoms with van der Waals surface area (Å²) in [5, 5.41) is 0. The van der Waals surface area contributed by atoms with Crippen molar-refractivity contribution in [2.24, 2.45) is 5.73 Å². The van der Waals surface area contributed by atoms with E-state index in [0.29, 0.717) is 5.41 Å². The molecule has 1 aromatic rings. The van der Waals surface area contributed by atoms with Gasteiger partial charge < -0.3 is 10.5 Å². The average molecular weight is 233 g/mol. The van der Waals surface area contributed by atoms with Gasteiger partial charge in [-0.1, -0.05) is 31.4 Å². The molecule has 0 aliphatic heterocycles. The van der Waals surface area contributed by atoms with Crippen molar-refractivity contribution in [3.8, 4) is 5.75 Å². The Morgan fingerprint density at radius 2 is 2.00 bits per heavy atom. The predicted molar refractivity (Wildman–Crippen MR) is 71.4 cm³/mol. The van der Waals surface area contributed by atoms with Crippen LogP contribution in [0.25, 0.3) is 0 Å². The van der Waals surface area contributed by atoms with Crippen molar-refractivity contribution in [1.29, 1.82) is 0 Å². The highest BCUT2D eigenvalue weighted by molar-refractivity contribution is 5.34. The van der Waals surface area contributed by atoms with Crippen molar-refractivity contribution in [1.82, 2.24) is 0 Å². The molecule has 1 aliphatic carbocycles. The molecule has 0 radical (unpaired) electrons. The molecule has 2 rings (SSSR count). The molecule has 0 bridgehead atoms. The fraction of sp³-hybridized carbons (Fsp3) is 0.600. The summed E-state index contributed by atoms with van der Waals surface area (Å²) in [5.41, 5.74) is 7.55. The highest BCUT2D eigenvalue weighted by Crippen LogP contribution is 2.42. The Balaban J connectivity index is 2.30. The fourth-order valence-corrected chi connectivity index (χ4v) is 3.14. The molecule has 0 aromatic heterocycles. The Morgan fingerprint density at radius 3 is 2.65 bits per heavy atom. The third-order valence-electron chi connectivity index (χ3n) is 4.12. The first-order valence-corrected chi connectivity index (χ1v) is 6.65. The molecule has 0 unspecified atom stereocenters. The molecule has 2 N–H and O–H groups in total. The van der Waals surface area contributed by atoms with E-state index in [9.17, 15) is 0 Å².